The number of amides is 3. The van der Waals surface area contributed by atoms with Gasteiger partial charge in [0.1, 0.15) is 12.1 Å². The number of benzene rings is 4. The Balaban J connectivity index is 1.35. The van der Waals surface area contributed by atoms with Gasteiger partial charge in [0.15, 0.2) is 0 Å². The SMILES string of the molecule is C[C@@H]1CCN(C(Cc2cccc3ccccc23)C(N)=O)C(=O)[C@H](c2ccccc2)N1C(=O)Cc1ccc2ncccc2c1. The lowest BCUT2D eigenvalue weighted by atomic mass is 9.96. The number of fused-ring (bicyclic) bond motifs is 2. The molecule has 43 heavy (non-hydrogen) atoms. The number of aromatic nitrogens is 1. The Morgan fingerprint density at radius 3 is 2.47 bits per heavy atom. The quantitative estimate of drug-likeness (QED) is 0.290. The van der Waals surface area contributed by atoms with Crippen molar-refractivity contribution in [3.05, 3.63) is 126 Å². The number of nitrogens with zero attached hydrogens (tertiary/aromatic N) is 3. The summed E-state index contributed by atoms with van der Waals surface area (Å²) in [6, 6.07) is 30.9. The van der Waals surface area contributed by atoms with Gasteiger partial charge in [-0.1, -0.05) is 84.9 Å². The highest BCUT2D eigenvalue weighted by molar-refractivity contribution is 5.94. The van der Waals surface area contributed by atoms with Crippen LogP contribution in [0.2, 0.25) is 0 Å². The second-order valence-electron chi connectivity index (χ2n) is 11.3. The summed E-state index contributed by atoms with van der Waals surface area (Å²) in [6.07, 6.45) is 2.69. The zero-order valence-electron chi connectivity index (χ0n) is 24.1. The van der Waals surface area contributed by atoms with Crippen molar-refractivity contribution in [2.45, 2.75) is 44.3 Å². The summed E-state index contributed by atoms with van der Waals surface area (Å²) >= 11 is 0. The summed E-state index contributed by atoms with van der Waals surface area (Å²) in [7, 11) is 0. The summed E-state index contributed by atoms with van der Waals surface area (Å²) in [5, 5.41) is 3.03. The molecule has 0 saturated carbocycles. The fourth-order valence-electron chi connectivity index (χ4n) is 6.29. The van der Waals surface area contributed by atoms with Crippen LogP contribution in [-0.2, 0) is 27.2 Å². The smallest absolute Gasteiger partial charge is 0.250 e. The summed E-state index contributed by atoms with van der Waals surface area (Å²) < 4.78 is 0. The Hall–Kier alpha value is -5.04. The lowest BCUT2D eigenvalue weighted by Crippen LogP contribution is -2.52. The maximum Gasteiger partial charge on any atom is 0.250 e. The lowest BCUT2D eigenvalue weighted by molar-refractivity contribution is -0.148. The molecule has 3 atom stereocenters. The van der Waals surface area contributed by atoms with Crippen LogP contribution in [0, 0.1) is 0 Å². The van der Waals surface area contributed by atoms with E-state index in [-0.39, 0.29) is 30.7 Å². The summed E-state index contributed by atoms with van der Waals surface area (Å²) in [4.78, 5) is 49.4. The van der Waals surface area contributed by atoms with Gasteiger partial charge in [0.05, 0.1) is 11.9 Å². The van der Waals surface area contributed by atoms with E-state index in [0.717, 1.165) is 32.8 Å². The van der Waals surface area contributed by atoms with E-state index in [1.807, 2.05) is 110 Å². The third-order valence-electron chi connectivity index (χ3n) is 8.48. The van der Waals surface area contributed by atoms with Gasteiger partial charge < -0.3 is 15.5 Å². The molecule has 1 aliphatic heterocycles. The number of hydrogen-bond acceptors (Lipinski definition) is 4. The maximum atomic E-state index is 14.5. The molecule has 5 aromatic rings. The number of carbonyl (C=O) groups excluding carboxylic acids is 3. The molecule has 3 amide bonds. The topological polar surface area (TPSA) is 96.6 Å². The molecule has 2 N–H and O–H groups in total. The van der Waals surface area contributed by atoms with E-state index in [2.05, 4.69) is 4.98 Å². The van der Waals surface area contributed by atoms with Gasteiger partial charge >= 0.3 is 0 Å². The standard InChI is InChI=1S/C36H34N4O3/c1-24-18-20-39(32(35(37)42)23-28-13-7-12-26-9-5-6-15-30(26)28)36(43)34(27-10-3-2-4-11-27)40(24)33(41)22-25-16-17-31-29(21-25)14-8-19-38-31/h2-17,19,21,24,32,34H,18,20,22-23H2,1H3,(H2,37,42)/t24-,32?,34+/m1/s1. The van der Waals surface area contributed by atoms with E-state index in [9.17, 15) is 14.4 Å². The number of hydrogen-bond donors (Lipinski definition) is 1. The highest BCUT2D eigenvalue weighted by Crippen LogP contribution is 2.33. The van der Waals surface area contributed by atoms with Crippen LogP contribution in [0.15, 0.2) is 109 Å². The molecule has 0 spiro atoms. The van der Waals surface area contributed by atoms with Gasteiger partial charge in [-0.2, -0.15) is 0 Å². The number of nitrogens with two attached hydrogens (primary N) is 1. The first-order valence-electron chi connectivity index (χ1n) is 14.7. The molecule has 2 heterocycles. The number of primary amides is 1. The van der Waals surface area contributed by atoms with Crippen LogP contribution in [0.4, 0.5) is 0 Å². The largest absolute Gasteiger partial charge is 0.368 e. The van der Waals surface area contributed by atoms with E-state index in [4.69, 9.17) is 5.73 Å². The molecule has 0 radical (unpaired) electrons. The molecule has 1 unspecified atom stereocenters. The summed E-state index contributed by atoms with van der Waals surface area (Å²) in [5.74, 6) is -1.01. The average molecular weight is 571 g/mol. The molecule has 0 bridgehead atoms. The maximum absolute atomic E-state index is 14.5. The number of carbonyl (C=O) groups is 3. The predicted octanol–water partition coefficient (Wildman–Crippen LogP) is 5.22. The van der Waals surface area contributed by atoms with Crippen LogP contribution in [0.25, 0.3) is 21.7 Å². The van der Waals surface area contributed by atoms with E-state index >= 15 is 0 Å². The van der Waals surface area contributed by atoms with Crippen molar-refractivity contribution in [3.8, 4) is 0 Å². The molecule has 216 valence electrons. The van der Waals surface area contributed by atoms with Crippen LogP contribution in [0.5, 0.6) is 0 Å². The van der Waals surface area contributed by atoms with Crippen LogP contribution >= 0.6 is 0 Å². The second-order valence-corrected chi connectivity index (χ2v) is 11.3. The highest BCUT2D eigenvalue weighted by Gasteiger charge is 2.43. The highest BCUT2D eigenvalue weighted by atomic mass is 16.2. The van der Waals surface area contributed by atoms with Gasteiger partial charge in [0.2, 0.25) is 11.8 Å². The van der Waals surface area contributed by atoms with Crippen molar-refractivity contribution in [1.29, 1.82) is 0 Å². The van der Waals surface area contributed by atoms with Crippen LogP contribution in [0.1, 0.15) is 36.1 Å². The zero-order valence-corrected chi connectivity index (χ0v) is 24.1. The van der Waals surface area contributed by atoms with E-state index < -0.39 is 18.0 Å². The van der Waals surface area contributed by atoms with Crippen molar-refractivity contribution in [2.24, 2.45) is 5.73 Å². The van der Waals surface area contributed by atoms with Crippen LogP contribution in [0.3, 0.4) is 0 Å². The predicted molar refractivity (Wildman–Crippen MR) is 168 cm³/mol. The third kappa shape index (κ3) is 5.71. The first-order chi connectivity index (χ1) is 20.9. The summed E-state index contributed by atoms with van der Waals surface area (Å²) in [6.45, 7) is 2.28. The van der Waals surface area contributed by atoms with Crippen molar-refractivity contribution in [1.82, 2.24) is 14.8 Å². The fourth-order valence-corrected chi connectivity index (χ4v) is 6.29. The molecule has 7 nitrogen and oxygen atoms in total. The van der Waals surface area contributed by atoms with Gasteiger partial charge in [-0.05, 0) is 59.0 Å². The van der Waals surface area contributed by atoms with Gasteiger partial charge in [-0.25, -0.2) is 0 Å². The normalized spacial score (nSPS) is 18.0. The minimum Gasteiger partial charge on any atom is -0.368 e. The number of pyridine rings is 1. The zero-order chi connectivity index (χ0) is 29.9. The minimum atomic E-state index is -0.886. The monoisotopic (exact) mass is 570 g/mol. The number of rotatable bonds is 7. The van der Waals surface area contributed by atoms with Crippen molar-refractivity contribution in [3.63, 3.8) is 0 Å². The molecule has 4 aromatic carbocycles. The van der Waals surface area contributed by atoms with E-state index in [1.54, 1.807) is 16.0 Å². The van der Waals surface area contributed by atoms with Gasteiger partial charge in [0.25, 0.3) is 5.91 Å². The third-order valence-corrected chi connectivity index (χ3v) is 8.48. The Morgan fingerprint density at radius 1 is 0.907 bits per heavy atom. The van der Waals surface area contributed by atoms with Gasteiger partial charge in [0, 0.05) is 30.6 Å². The Bertz CT molecular complexity index is 1800. The fraction of sp³-hybridized carbons (Fsp3) is 0.222. The molecule has 1 fully saturated rings. The lowest BCUT2D eigenvalue weighted by Gasteiger charge is -2.36. The molecule has 7 heteroatoms. The van der Waals surface area contributed by atoms with Crippen LogP contribution < -0.4 is 5.73 Å². The Kier molecular flexibility index (Phi) is 7.88. The van der Waals surface area contributed by atoms with E-state index in [0.29, 0.717) is 18.5 Å². The first-order valence-corrected chi connectivity index (χ1v) is 14.7. The van der Waals surface area contributed by atoms with Crippen molar-refractivity contribution in [2.75, 3.05) is 6.54 Å². The van der Waals surface area contributed by atoms with Crippen molar-refractivity contribution >= 4 is 39.4 Å². The van der Waals surface area contributed by atoms with E-state index in [1.165, 1.54) is 0 Å². The second kappa shape index (κ2) is 12.1. The van der Waals surface area contributed by atoms with Gasteiger partial charge in [-0.15, -0.1) is 0 Å². The molecule has 6 rings (SSSR count). The van der Waals surface area contributed by atoms with Gasteiger partial charge in [-0.3, -0.25) is 19.4 Å². The average Bonchev–Trinajstić information content (AvgIpc) is 3.15. The van der Waals surface area contributed by atoms with Crippen molar-refractivity contribution < 1.29 is 14.4 Å². The molecular formula is C36H34N4O3. The van der Waals surface area contributed by atoms with Crippen LogP contribution in [-0.4, -0.2) is 51.1 Å². The summed E-state index contributed by atoms with van der Waals surface area (Å²) in [5.41, 5.74) is 9.38. The molecule has 1 aromatic heterocycles. The Morgan fingerprint density at radius 2 is 1.65 bits per heavy atom. The molecule has 1 saturated heterocycles. The first kappa shape index (κ1) is 28.1. The Labute approximate surface area is 250 Å². The minimum absolute atomic E-state index is 0.140. The molecule has 1 aliphatic rings. The molecular weight excluding hydrogens is 536 g/mol. The molecule has 0 aliphatic carbocycles.